The van der Waals surface area contributed by atoms with Gasteiger partial charge in [0.2, 0.25) is 0 Å². The molecule has 45 heavy (non-hydrogen) atoms. The molecule has 5 aromatic rings. The average molecular weight is 614 g/mol. The fraction of sp³-hybridized carbons (Fsp3) is 0.265. The number of nitrogen functional groups attached to an aromatic ring is 1. The van der Waals surface area contributed by atoms with Gasteiger partial charge in [0.15, 0.2) is 0 Å². The smallest absolute Gasteiger partial charge is 0.382 e. The van der Waals surface area contributed by atoms with Gasteiger partial charge in [0, 0.05) is 28.6 Å². The van der Waals surface area contributed by atoms with E-state index < -0.39 is 17.8 Å². The fourth-order valence-corrected chi connectivity index (χ4v) is 5.98. The molecule has 232 valence electrons. The van der Waals surface area contributed by atoms with Gasteiger partial charge in [-0.2, -0.15) is 13.2 Å². The molecule has 8 nitrogen and oxygen atoms in total. The van der Waals surface area contributed by atoms with E-state index >= 15 is 0 Å². The first-order valence-electron chi connectivity index (χ1n) is 14.9. The number of fused-ring (bicyclic) bond motifs is 2. The highest BCUT2D eigenvalue weighted by molar-refractivity contribution is 6.10. The number of nitrogens with one attached hydrogen (secondary N) is 3. The van der Waals surface area contributed by atoms with Crippen molar-refractivity contribution < 1.29 is 18.0 Å². The number of hydrogen-bond acceptors (Lipinski definition) is 5. The lowest BCUT2D eigenvalue weighted by molar-refractivity contribution is -0.137. The number of hydrogen-bond donors (Lipinski definition) is 4. The number of halogens is 3. The quantitative estimate of drug-likeness (QED) is 0.155. The Bertz CT molecular complexity index is 1940. The number of amides is 2. The maximum absolute atomic E-state index is 13.2. The number of alkyl halides is 3. The SMILES string of the molecule is CNC1CC=C(c2cnc(N)c3c(-c4cccc5c(NC(=O)Nc6cccc(C(F)(F)F)c6)cccc45)nc(C(C)C)n23)CC1. The minimum atomic E-state index is -4.52. The summed E-state index contributed by atoms with van der Waals surface area (Å²) in [6.45, 7) is 4.19. The van der Waals surface area contributed by atoms with Crippen LogP contribution in [0, 0.1) is 0 Å². The van der Waals surface area contributed by atoms with Crippen molar-refractivity contribution >= 4 is 45.1 Å². The van der Waals surface area contributed by atoms with Crippen LogP contribution < -0.4 is 21.7 Å². The molecule has 1 aliphatic carbocycles. The van der Waals surface area contributed by atoms with Gasteiger partial charge in [-0.1, -0.05) is 56.3 Å². The molecule has 1 unspecified atom stereocenters. The summed E-state index contributed by atoms with van der Waals surface area (Å²) in [5.74, 6) is 1.32. The van der Waals surface area contributed by atoms with Gasteiger partial charge in [-0.15, -0.1) is 0 Å². The molecule has 11 heteroatoms. The Hall–Kier alpha value is -4.90. The van der Waals surface area contributed by atoms with Crippen molar-refractivity contribution in [2.24, 2.45) is 0 Å². The summed E-state index contributed by atoms with van der Waals surface area (Å²) in [5, 5.41) is 10.2. The summed E-state index contributed by atoms with van der Waals surface area (Å²) in [5.41, 5.74) is 10.7. The second-order valence-corrected chi connectivity index (χ2v) is 11.5. The van der Waals surface area contributed by atoms with Crippen LogP contribution in [0.1, 0.15) is 56.1 Å². The predicted octanol–water partition coefficient (Wildman–Crippen LogP) is 8.07. The van der Waals surface area contributed by atoms with Gasteiger partial charge < -0.3 is 21.7 Å². The zero-order chi connectivity index (χ0) is 31.9. The normalized spacial score (nSPS) is 15.4. The van der Waals surface area contributed by atoms with Crippen molar-refractivity contribution in [3.05, 3.63) is 90.0 Å². The van der Waals surface area contributed by atoms with E-state index in [1.54, 1.807) is 6.07 Å². The number of aromatic nitrogens is 3. The number of carbonyl (C=O) groups is 1. The van der Waals surface area contributed by atoms with Gasteiger partial charge in [0.25, 0.3) is 0 Å². The molecule has 2 aromatic heterocycles. The number of anilines is 3. The molecule has 0 aliphatic heterocycles. The molecule has 1 aliphatic rings. The Morgan fingerprint density at radius 3 is 2.51 bits per heavy atom. The first-order chi connectivity index (χ1) is 21.5. The number of urea groups is 1. The van der Waals surface area contributed by atoms with E-state index in [2.05, 4.69) is 45.3 Å². The number of rotatable bonds is 6. The number of carbonyl (C=O) groups excluding carboxylic acids is 1. The van der Waals surface area contributed by atoms with Crippen LogP contribution in [0.25, 0.3) is 33.1 Å². The zero-order valence-corrected chi connectivity index (χ0v) is 25.2. The van der Waals surface area contributed by atoms with Crippen molar-refractivity contribution in [2.45, 2.75) is 51.2 Å². The maximum Gasteiger partial charge on any atom is 0.416 e. The second kappa shape index (κ2) is 11.9. The number of imidazole rings is 1. The van der Waals surface area contributed by atoms with E-state index in [9.17, 15) is 18.0 Å². The topological polar surface area (TPSA) is 109 Å². The third-order valence-electron chi connectivity index (χ3n) is 8.25. The summed E-state index contributed by atoms with van der Waals surface area (Å²) in [4.78, 5) is 22.7. The number of benzene rings is 3. The van der Waals surface area contributed by atoms with E-state index in [0.29, 0.717) is 23.2 Å². The Morgan fingerprint density at radius 2 is 1.80 bits per heavy atom. The highest BCUT2D eigenvalue weighted by Gasteiger charge is 2.30. The Balaban J connectivity index is 1.41. The lowest BCUT2D eigenvalue weighted by atomic mass is 9.93. The molecule has 6 rings (SSSR count). The van der Waals surface area contributed by atoms with Crippen LogP contribution in [0.5, 0.6) is 0 Å². The van der Waals surface area contributed by atoms with Crippen LogP contribution in [0.3, 0.4) is 0 Å². The molecule has 2 heterocycles. The third kappa shape index (κ3) is 5.83. The molecule has 0 bridgehead atoms. The van der Waals surface area contributed by atoms with Gasteiger partial charge in [-0.25, -0.2) is 14.8 Å². The third-order valence-corrected chi connectivity index (χ3v) is 8.25. The van der Waals surface area contributed by atoms with Crippen LogP contribution in [-0.4, -0.2) is 33.5 Å². The summed E-state index contributed by atoms with van der Waals surface area (Å²) in [7, 11) is 1.99. The second-order valence-electron chi connectivity index (χ2n) is 11.5. The van der Waals surface area contributed by atoms with Crippen molar-refractivity contribution in [1.82, 2.24) is 19.7 Å². The molecular weight excluding hydrogens is 579 g/mol. The van der Waals surface area contributed by atoms with Crippen molar-refractivity contribution in [3.8, 4) is 11.3 Å². The first kappa shape index (κ1) is 30.1. The molecule has 0 radical (unpaired) electrons. The Morgan fingerprint density at radius 1 is 1.04 bits per heavy atom. The average Bonchev–Trinajstić information content (AvgIpc) is 3.43. The van der Waals surface area contributed by atoms with Gasteiger partial charge in [0.05, 0.1) is 23.1 Å². The van der Waals surface area contributed by atoms with Crippen molar-refractivity contribution in [1.29, 1.82) is 0 Å². The van der Waals surface area contributed by atoms with Gasteiger partial charge in [-0.3, -0.25) is 4.40 Å². The van der Waals surface area contributed by atoms with E-state index in [-0.39, 0.29) is 11.6 Å². The minimum absolute atomic E-state index is 0.0299. The van der Waals surface area contributed by atoms with E-state index in [4.69, 9.17) is 10.7 Å². The van der Waals surface area contributed by atoms with Gasteiger partial charge in [0.1, 0.15) is 22.9 Å². The van der Waals surface area contributed by atoms with Crippen molar-refractivity contribution in [3.63, 3.8) is 0 Å². The predicted molar refractivity (Wildman–Crippen MR) is 173 cm³/mol. The first-order valence-corrected chi connectivity index (χ1v) is 14.9. The molecule has 5 N–H and O–H groups in total. The molecule has 3 aromatic carbocycles. The molecule has 0 saturated heterocycles. The van der Waals surface area contributed by atoms with Gasteiger partial charge >= 0.3 is 12.2 Å². The number of nitrogens with zero attached hydrogens (tertiary/aromatic N) is 3. The van der Waals surface area contributed by atoms with Crippen LogP contribution >= 0.6 is 0 Å². The van der Waals surface area contributed by atoms with Gasteiger partial charge in [-0.05, 0) is 61.5 Å². The molecule has 0 fully saturated rings. The van der Waals surface area contributed by atoms with Crippen LogP contribution in [0.2, 0.25) is 0 Å². The molecular formula is C34H34F3N7O. The summed E-state index contributed by atoms with van der Waals surface area (Å²) < 4.78 is 41.6. The minimum Gasteiger partial charge on any atom is -0.382 e. The zero-order valence-electron chi connectivity index (χ0n) is 25.2. The summed E-state index contributed by atoms with van der Waals surface area (Å²) in [6.07, 6.45) is 2.43. The lowest BCUT2D eigenvalue weighted by Gasteiger charge is -2.22. The fourth-order valence-electron chi connectivity index (χ4n) is 5.98. The van der Waals surface area contributed by atoms with Crippen LogP contribution in [0.15, 0.2) is 72.9 Å². The van der Waals surface area contributed by atoms with E-state index in [1.807, 2.05) is 43.6 Å². The molecule has 2 amide bonds. The molecule has 1 atom stereocenters. The Labute approximate surface area is 258 Å². The summed E-state index contributed by atoms with van der Waals surface area (Å²) >= 11 is 0. The number of nitrogens with two attached hydrogens (primary N) is 1. The van der Waals surface area contributed by atoms with E-state index in [1.165, 1.54) is 17.7 Å². The monoisotopic (exact) mass is 613 g/mol. The standard InChI is InChI=1S/C34H34F3N7O/c1-19(2)32-43-29(30-31(38)40-18-28(44(30)32)20-13-15-22(39-3)16-14-20)26-11-5-10-25-24(26)9-6-12-27(25)42-33(45)41-23-8-4-7-21(17-23)34(35,36)37/h4-13,17-19,22,39H,14-16H2,1-3H3,(H2,38,40)(H2,41,42,45). The van der Waals surface area contributed by atoms with Crippen LogP contribution in [-0.2, 0) is 6.18 Å². The van der Waals surface area contributed by atoms with Crippen LogP contribution in [0.4, 0.5) is 35.2 Å². The van der Waals surface area contributed by atoms with E-state index in [0.717, 1.165) is 64.8 Å². The maximum atomic E-state index is 13.2. The Kier molecular flexibility index (Phi) is 7.96. The molecule has 0 saturated carbocycles. The molecule has 0 spiro atoms. The summed E-state index contributed by atoms with van der Waals surface area (Å²) in [6, 6.07) is 15.5. The van der Waals surface area contributed by atoms with Crippen molar-refractivity contribution in [2.75, 3.05) is 23.4 Å². The highest BCUT2D eigenvalue weighted by atomic mass is 19.4. The largest absolute Gasteiger partial charge is 0.416 e. The highest BCUT2D eigenvalue weighted by Crippen LogP contribution is 2.39. The lowest BCUT2D eigenvalue weighted by Crippen LogP contribution is -2.26. The number of allylic oxidation sites excluding steroid dienone is 1.